The molecule has 2 aromatic rings. The van der Waals surface area contributed by atoms with Crippen LogP contribution in [0.2, 0.25) is 5.15 Å². The Morgan fingerprint density at radius 2 is 1.80 bits per heavy atom. The van der Waals surface area contributed by atoms with Gasteiger partial charge in [-0.25, -0.2) is 9.97 Å². The SMILES string of the molecule is Clc1nc(C2CCOCC2)nc(-c2ccccc2)c1I. The monoisotopic (exact) mass is 400 g/mol. The van der Waals surface area contributed by atoms with Crippen molar-refractivity contribution in [3.05, 3.63) is 44.9 Å². The molecular weight excluding hydrogens is 387 g/mol. The maximum atomic E-state index is 6.30. The van der Waals surface area contributed by atoms with Gasteiger partial charge >= 0.3 is 0 Å². The molecule has 1 aromatic carbocycles. The first-order valence-electron chi connectivity index (χ1n) is 6.62. The van der Waals surface area contributed by atoms with Crippen molar-refractivity contribution in [2.75, 3.05) is 13.2 Å². The molecule has 0 bridgehead atoms. The van der Waals surface area contributed by atoms with Crippen molar-refractivity contribution in [1.29, 1.82) is 0 Å². The maximum absolute atomic E-state index is 6.30. The minimum absolute atomic E-state index is 0.348. The van der Waals surface area contributed by atoms with E-state index in [1.54, 1.807) is 0 Å². The molecule has 1 saturated heterocycles. The van der Waals surface area contributed by atoms with Crippen LogP contribution in [-0.4, -0.2) is 23.2 Å². The Morgan fingerprint density at radius 1 is 1.10 bits per heavy atom. The zero-order valence-electron chi connectivity index (χ0n) is 10.9. The van der Waals surface area contributed by atoms with E-state index in [2.05, 4.69) is 39.7 Å². The molecule has 20 heavy (non-hydrogen) atoms. The molecule has 0 atom stereocenters. The summed E-state index contributed by atoms with van der Waals surface area (Å²) >= 11 is 8.51. The average Bonchev–Trinajstić information content (AvgIpc) is 2.51. The highest BCUT2D eigenvalue weighted by molar-refractivity contribution is 14.1. The number of rotatable bonds is 2. The summed E-state index contributed by atoms with van der Waals surface area (Å²) in [5.74, 6) is 1.19. The van der Waals surface area contributed by atoms with Crippen molar-refractivity contribution in [2.24, 2.45) is 0 Å². The Kier molecular flexibility index (Phi) is 4.53. The number of ether oxygens (including phenoxy) is 1. The molecular formula is C15H14ClIN2O. The highest BCUT2D eigenvalue weighted by atomic mass is 127. The van der Waals surface area contributed by atoms with Gasteiger partial charge < -0.3 is 4.74 Å². The van der Waals surface area contributed by atoms with E-state index in [0.29, 0.717) is 11.1 Å². The largest absolute Gasteiger partial charge is 0.381 e. The predicted octanol–water partition coefficient (Wildman–Crippen LogP) is 4.30. The van der Waals surface area contributed by atoms with Gasteiger partial charge in [-0.15, -0.1) is 0 Å². The molecule has 5 heteroatoms. The van der Waals surface area contributed by atoms with Gasteiger partial charge in [-0.05, 0) is 35.4 Å². The van der Waals surface area contributed by atoms with Crippen molar-refractivity contribution >= 4 is 34.2 Å². The van der Waals surface area contributed by atoms with Crippen molar-refractivity contribution in [3.63, 3.8) is 0 Å². The van der Waals surface area contributed by atoms with E-state index < -0.39 is 0 Å². The molecule has 3 nitrogen and oxygen atoms in total. The molecule has 0 radical (unpaired) electrons. The third-order valence-electron chi connectivity index (χ3n) is 3.46. The Labute approximate surface area is 136 Å². The van der Waals surface area contributed by atoms with Crippen molar-refractivity contribution < 1.29 is 4.74 Å². The molecule has 0 spiro atoms. The number of nitrogens with zero attached hydrogens (tertiary/aromatic N) is 2. The molecule has 0 N–H and O–H groups in total. The van der Waals surface area contributed by atoms with E-state index >= 15 is 0 Å². The molecule has 0 aliphatic carbocycles. The third kappa shape index (κ3) is 2.97. The molecule has 3 rings (SSSR count). The standard InChI is InChI=1S/C15H14ClIN2O/c16-14-12(17)13(10-4-2-1-3-5-10)18-15(19-14)11-6-8-20-9-7-11/h1-5,11H,6-9H2. The Balaban J connectivity index is 2.03. The van der Waals surface area contributed by atoms with Gasteiger partial charge in [0.2, 0.25) is 0 Å². The Morgan fingerprint density at radius 3 is 2.50 bits per heavy atom. The fraction of sp³-hybridized carbons (Fsp3) is 0.333. The fourth-order valence-electron chi connectivity index (χ4n) is 2.36. The van der Waals surface area contributed by atoms with Gasteiger partial charge in [0, 0.05) is 24.7 Å². The van der Waals surface area contributed by atoms with Crippen LogP contribution in [0.5, 0.6) is 0 Å². The van der Waals surface area contributed by atoms with E-state index in [1.807, 2.05) is 18.2 Å². The van der Waals surface area contributed by atoms with Crippen LogP contribution in [0.3, 0.4) is 0 Å². The van der Waals surface area contributed by atoms with Gasteiger partial charge in [0.15, 0.2) is 0 Å². The normalized spacial score (nSPS) is 16.3. The number of hydrogen-bond donors (Lipinski definition) is 0. The smallest absolute Gasteiger partial charge is 0.146 e. The molecule has 1 aliphatic heterocycles. The summed E-state index contributed by atoms with van der Waals surface area (Å²) in [4.78, 5) is 9.24. The van der Waals surface area contributed by atoms with Gasteiger partial charge in [-0.2, -0.15) is 0 Å². The summed E-state index contributed by atoms with van der Waals surface area (Å²) in [6.07, 6.45) is 1.93. The molecule has 0 saturated carbocycles. The zero-order valence-corrected chi connectivity index (χ0v) is 13.8. The topological polar surface area (TPSA) is 35.0 Å². The second-order valence-corrected chi connectivity index (χ2v) is 6.22. The first-order chi connectivity index (χ1) is 9.75. The molecule has 2 heterocycles. The number of aromatic nitrogens is 2. The lowest BCUT2D eigenvalue weighted by molar-refractivity contribution is 0.0836. The number of halogens is 2. The van der Waals surface area contributed by atoms with E-state index in [-0.39, 0.29) is 0 Å². The Bertz CT molecular complexity index is 600. The van der Waals surface area contributed by atoms with Crippen molar-refractivity contribution in [2.45, 2.75) is 18.8 Å². The van der Waals surface area contributed by atoms with Crippen molar-refractivity contribution in [3.8, 4) is 11.3 Å². The average molecular weight is 401 g/mol. The van der Waals surface area contributed by atoms with Gasteiger partial charge in [0.25, 0.3) is 0 Å². The zero-order chi connectivity index (χ0) is 13.9. The molecule has 1 fully saturated rings. The second-order valence-electron chi connectivity index (χ2n) is 4.79. The van der Waals surface area contributed by atoms with Crippen LogP contribution < -0.4 is 0 Å². The number of benzene rings is 1. The summed E-state index contributed by atoms with van der Waals surface area (Å²) in [5.41, 5.74) is 2.00. The van der Waals surface area contributed by atoms with Crippen LogP contribution in [0, 0.1) is 3.57 Å². The lowest BCUT2D eigenvalue weighted by Gasteiger charge is -2.21. The van der Waals surface area contributed by atoms with Gasteiger partial charge in [-0.1, -0.05) is 41.9 Å². The quantitative estimate of drug-likeness (QED) is 0.557. The second kappa shape index (κ2) is 6.37. The van der Waals surface area contributed by atoms with Crippen LogP contribution in [0.4, 0.5) is 0 Å². The minimum Gasteiger partial charge on any atom is -0.381 e. The highest BCUT2D eigenvalue weighted by Gasteiger charge is 2.21. The van der Waals surface area contributed by atoms with Crippen molar-refractivity contribution in [1.82, 2.24) is 9.97 Å². The van der Waals surface area contributed by atoms with E-state index in [9.17, 15) is 0 Å². The lowest BCUT2D eigenvalue weighted by atomic mass is 9.99. The summed E-state index contributed by atoms with van der Waals surface area (Å²) in [5, 5.41) is 0.543. The highest BCUT2D eigenvalue weighted by Crippen LogP contribution is 2.32. The van der Waals surface area contributed by atoms with Crippen LogP contribution in [0.25, 0.3) is 11.3 Å². The van der Waals surface area contributed by atoms with E-state index in [4.69, 9.17) is 21.3 Å². The molecule has 0 unspecified atom stereocenters. The van der Waals surface area contributed by atoms with Crippen LogP contribution in [0.1, 0.15) is 24.6 Å². The van der Waals surface area contributed by atoms with Crippen LogP contribution in [0.15, 0.2) is 30.3 Å². The van der Waals surface area contributed by atoms with Crippen LogP contribution >= 0.6 is 34.2 Å². The molecule has 1 aromatic heterocycles. The summed E-state index contributed by atoms with van der Waals surface area (Å²) in [7, 11) is 0. The fourth-order valence-corrected chi connectivity index (χ4v) is 3.09. The first-order valence-corrected chi connectivity index (χ1v) is 8.07. The molecule has 1 aliphatic rings. The van der Waals surface area contributed by atoms with Gasteiger partial charge in [0.1, 0.15) is 11.0 Å². The van der Waals surface area contributed by atoms with Gasteiger partial charge in [-0.3, -0.25) is 0 Å². The predicted molar refractivity (Wildman–Crippen MR) is 88.0 cm³/mol. The third-order valence-corrected chi connectivity index (χ3v) is 5.08. The van der Waals surface area contributed by atoms with Crippen LogP contribution in [-0.2, 0) is 4.74 Å². The van der Waals surface area contributed by atoms with E-state index in [1.165, 1.54) is 0 Å². The Hall–Kier alpha value is -0.720. The first kappa shape index (κ1) is 14.2. The molecule has 0 amide bonds. The minimum atomic E-state index is 0.348. The summed E-state index contributed by atoms with van der Waals surface area (Å²) < 4.78 is 6.31. The maximum Gasteiger partial charge on any atom is 0.146 e. The number of hydrogen-bond acceptors (Lipinski definition) is 3. The van der Waals surface area contributed by atoms with Gasteiger partial charge in [0.05, 0.1) is 9.26 Å². The summed E-state index contributed by atoms with van der Waals surface area (Å²) in [6, 6.07) is 10.1. The lowest BCUT2D eigenvalue weighted by Crippen LogP contribution is -2.17. The summed E-state index contributed by atoms with van der Waals surface area (Å²) in [6.45, 7) is 1.55. The molecule has 104 valence electrons. The van der Waals surface area contributed by atoms with E-state index in [0.717, 1.165) is 46.7 Å².